The lowest BCUT2D eigenvalue weighted by atomic mass is 9.68. The van der Waals surface area contributed by atoms with Crippen molar-refractivity contribution in [3.63, 3.8) is 0 Å². The van der Waals surface area contributed by atoms with Crippen LogP contribution in [0, 0.1) is 11.6 Å². The monoisotopic (exact) mass is 447 g/mol. The zero-order valence-electron chi connectivity index (χ0n) is 18.4. The molecule has 0 amide bonds. The van der Waals surface area contributed by atoms with Crippen molar-refractivity contribution < 1.29 is 18.7 Å². The number of aromatic carboxylic acids is 1. The second kappa shape index (κ2) is 9.67. The fraction of sp³-hybridized carbons (Fsp3) is 0.250. The molecule has 0 unspecified atom stereocenters. The first-order valence-corrected chi connectivity index (χ1v) is 11.3. The molecular formula is C28H27F2NO2. The van der Waals surface area contributed by atoms with Crippen LogP contribution in [0.15, 0.2) is 72.8 Å². The highest BCUT2D eigenvalue weighted by atomic mass is 19.1. The molecule has 0 radical (unpaired) electrons. The summed E-state index contributed by atoms with van der Waals surface area (Å²) < 4.78 is 27.2. The minimum atomic E-state index is -1.04. The van der Waals surface area contributed by atoms with Gasteiger partial charge in [-0.25, -0.2) is 13.6 Å². The Balaban J connectivity index is 0.000000165. The van der Waals surface area contributed by atoms with Gasteiger partial charge in [0.2, 0.25) is 0 Å². The minimum absolute atomic E-state index is 0.0472. The standard InChI is InChI=1S/C17H20FN.C11H7FO2/c18-16-9-8-15(13-6-2-3-7-14(13)16)17(12-19)10-4-1-5-11-17;12-10-6-5-9(11(13)14)7-3-1-2-4-8(7)10/h2-3,6-9H,1,4-5,10-12,19H2;1-6H,(H,13,14). The highest BCUT2D eigenvalue weighted by Crippen LogP contribution is 2.41. The fourth-order valence-electron chi connectivity index (χ4n) is 4.99. The van der Waals surface area contributed by atoms with Crippen LogP contribution in [0.2, 0.25) is 0 Å². The number of nitrogens with two attached hydrogens (primary N) is 1. The molecule has 0 aromatic heterocycles. The van der Waals surface area contributed by atoms with Gasteiger partial charge in [0.15, 0.2) is 0 Å². The Hall–Kier alpha value is -3.31. The van der Waals surface area contributed by atoms with Gasteiger partial charge in [0.1, 0.15) is 11.6 Å². The molecule has 4 aromatic carbocycles. The van der Waals surface area contributed by atoms with E-state index < -0.39 is 11.8 Å². The molecule has 33 heavy (non-hydrogen) atoms. The molecule has 1 fully saturated rings. The Bertz CT molecular complexity index is 1300. The predicted octanol–water partition coefficient (Wildman–Crippen LogP) is 6.82. The van der Waals surface area contributed by atoms with Crippen molar-refractivity contribution in [1.82, 2.24) is 0 Å². The average molecular weight is 448 g/mol. The van der Waals surface area contributed by atoms with Gasteiger partial charge < -0.3 is 10.8 Å². The van der Waals surface area contributed by atoms with Crippen molar-refractivity contribution >= 4 is 27.5 Å². The Labute approximate surface area is 191 Å². The predicted molar refractivity (Wildman–Crippen MR) is 129 cm³/mol. The molecule has 0 saturated heterocycles. The van der Waals surface area contributed by atoms with Crippen molar-refractivity contribution in [3.05, 3.63) is 95.6 Å². The lowest BCUT2D eigenvalue weighted by Crippen LogP contribution is -2.37. The smallest absolute Gasteiger partial charge is 0.336 e. The van der Waals surface area contributed by atoms with E-state index in [2.05, 4.69) is 0 Å². The van der Waals surface area contributed by atoms with Gasteiger partial charge in [-0.05, 0) is 47.4 Å². The number of halogens is 2. The topological polar surface area (TPSA) is 63.3 Å². The summed E-state index contributed by atoms with van der Waals surface area (Å²) in [6.45, 7) is 0.655. The molecule has 1 aliphatic carbocycles. The molecule has 170 valence electrons. The number of fused-ring (bicyclic) bond motifs is 2. The SMILES string of the molecule is NCC1(c2ccc(F)c3ccccc23)CCCCC1.O=C(O)c1ccc(F)c2ccccc12. The Kier molecular flexibility index (Phi) is 6.70. The van der Waals surface area contributed by atoms with E-state index in [0.29, 0.717) is 17.3 Å². The third-order valence-electron chi connectivity index (χ3n) is 6.74. The first kappa shape index (κ1) is 22.9. The Morgan fingerprint density at radius 1 is 0.758 bits per heavy atom. The summed E-state index contributed by atoms with van der Waals surface area (Å²) in [6, 6.07) is 20.3. The maximum absolute atomic E-state index is 13.9. The molecule has 4 aromatic rings. The van der Waals surface area contributed by atoms with Crippen LogP contribution in [0.25, 0.3) is 21.5 Å². The summed E-state index contributed by atoms with van der Waals surface area (Å²) in [7, 11) is 0. The minimum Gasteiger partial charge on any atom is -0.478 e. The normalized spacial score (nSPS) is 15.1. The van der Waals surface area contributed by atoms with Crippen molar-refractivity contribution in [2.24, 2.45) is 5.73 Å². The molecule has 5 heteroatoms. The van der Waals surface area contributed by atoms with Crippen molar-refractivity contribution in [2.45, 2.75) is 37.5 Å². The van der Waals surface area contributed by atoms with Gasteiger partial charge in [0.25, 0.3) is 0 Å². The van der Waals surface area contributed by atoms with Crippen LogP contribution in [0.3, 0.4) is 0 Å². The van der Waals surface area contributed by atoms with Crippen LogP contribution in [-0.4, -0.2) is 17.6 Å². The summed E-state index contributed by atoms with van der Waals surface area (Å²) in [4.78, 5) is 10.8. The third kappa shape index (κ3) is 4.46. The van der Waals surface area contributed by atoms with Gasteiger partial charge in [-0.3, -0.25) is 0 Å². The number of hydrogen-bond acceptors (Lipinski definition) is 2. The molecule has 1 saturated carbocycles. The summed E-state index contributed by atoms with van der Waals surface area (Å²) in [6.07, 6.45) is 5.99. The Morgan fingerprint density at radius 2 is 1.27 bits per heavy atom. The zero-order valence-corrected chi connectivity index (χ0v) is 18.4. The second-order valence-electron chi connectivity index (χ2n) is 8.63. The third-order valence-corrected chi connectivity index (χ3v) is 6.74. The number of carboxylic acid groups (broad SMARTS) is 1. The zero-order chi connectivity index (χ0) is 23.4. The molecule has 0 heterocycles. The van der Waals surface area contributed by atoms with Crippen LogP contribution < -0.4 is 5.73 Å². The molecule has 3 nitrogen and oxygen atoms in total. The van der Waals surface area contributed by atoms with Crippen LogP contribution in [0.4, 0.5) is 8.78 Å². The number of carbonyl (C=O) groups is 1. The van der Waals surface area contributed by atoms with Gasteiger partial charge in [-0.15, -0.1) is 0 Å². The molecular weight excluding hydrogens is 420 g/mol. The summed E-state index contributed by atoms with van der Waals surface area (Å²) in [5, 5.41) is 11.4. The summed E-state index contributed by atoms with van der Waals surface area (Å²) in [5.74, 6) is -1.57. The fourth-order valence-corrected chi connectivity index (χ4v) is 4.99. The Morgan fingerprint density at radius 3 is 1.85 bits per heavy atom. The first-order valence-electron chi connectivity index (χ1n) is 11.3. The van der Waals surface area contributed by atoms with E-state index in [1.54, 1.807) is 30.3 Å². The molecule has 0 bridgehead atoms. The van der Waals surface area contributed by atoms with E-state index >= 15 is 0 Å². The van der Waals surface area contributed by atoms with E-state index in [0.717, 1.165) is 23.6 Å². The molecule has 0 aliphatic heterocycles. The van der Waals surface area contributed by atoms with Crippen LogP contribution in [0.5, 0.6) is 0 Å². The van der Waals surface area contributed by atoms with Crippen LogP contribution in [-0.2, 0) is 5.41 Å². The number of hydrogen-bond donors (Lipinski definition) is 2. The lowest BCUT2D eigenvalue weighted by molar-refractivity contribution is 0.0699. The first-order chi connectivity index (χ1) is 16.0. The summed E-state index contributed by atoms with van der Waals surface area (Å²) in [5.41, 5.74) is 7.52. The van der Waals surface area contributed by atoms with Crippen molar-refractivity contribution in [3.8, 4) is 0 Å². The number of benzene rings is 4. The summed E-state index contributed by atoms with van der Waals surface area (Å²) >= 11 is 0. The quantitative estimate of drug-likeness (QED) is 0.362. The molecule has 0 atom stereocenters. The van der Waals surface area contributed by atoms with E-state index in [1.165, 1.54) is 37.0 Å². The lowest BCUT2D eigenvalue weighted by Gasteiger charge is -2.37. The molecule has 1 aliphatic rings. The molecule has 5 rings (SSSR count). The van der Waals surface area contributed by atoms with Gasteiger partial charge in [-0.1, -0.05) is 73.9 Å². The molecule has 0 spiro atoms. The van der Waals surface area contributed by atoms with Crippen molar-refractivity contribution in [1.29, 1.82) is 0 Å². The number of rotatable bonds is 3. The van der Waals surface area contributed by atoms with Crippen LogP contribution >= 0.6 is 0 Å². The number of carboxylic acids is 1. The largest absolute Gasteiger partial charge is 0.478 e. The maximum atomic E-state index is 13.9. The average Bonchev–Trinajstić information content (AvgIpc) is 2.85. The van der Waals surface area contributed by atoms with E-state index in [9.17, 15) is 13.6 Å². The van der Waals surface area contributed by atoms with E-state index in [1.807, 2.05) is 30.3 Å². The second-order valence-corrected chi connectivity index (χ2v) is 8.63. The van der Waals surface area contributed by atoms with Gasteiger partial charge in [0.05, 0.1) is 5.56 Å². The van der Waals surface area contributed by atoms with Crippen molar-refractivity contribution in [2.75, 3.05) is 6.54 Å². The highest BCUT2D eigenvalue weighted by Gasteiger charge is 2.33. The molecule has 3 N–H and O–H groups in total. The van der Waals surface area contributed by atoms with Gasteiger partial charge >= 0.3 is 5.97 Å². The maximum Gasteiger partial charge on any atom is 0.336 e. The van der Waals surface area contributed by atoms with E-state index in [-0.39, 0.29) is 16.8 Å². The van der Waals surface area contributed by atoms with E-state index in [4.69, 9.17) is 10.8 Å². The van der Waals surface area contributed by atoms with Gasteiger partial charge in [-0.2, -0.15) is 0 Å². The van der Waals surface area contributed by atoms with Crippen LogP contribution in [0.1, 0.15) is 48.0 Å². The van der Waals surface area contributed by atoms with Gasteiger partial charge in [0, 0.05) is 22.7 Å². The highest BCUT2D eigenvalue weighted by molar-refractivity contribution is 6.03.